The molecule has 0 bridgehead atoms. The van der Waals surface area contributed by atoms with Gasteiger partial charge < -0.3 is 14.0 Å². The van der Waals surface area contributed by atoms with E-state index in [0.717, 1.165) is 5.56 Å². The lowest BCUT2D eigenvalue weighted by atomic mass is 10.1. The van der Waals surface area contributed by atoms with Crippen molar-refractivity contribution in [1.82, 2.24) is 5.16 Å². The largest absolute Gasteiger partial charge is 0.481 e. The van der Waals surface area contributed by atoms with Crippen LogP contribution in [0.5, 0.6) is 0 Å². The molecule has 0 radical (unpaired) electrons. The Hall–Kier alpha value is -2.63. The molecule has 1 heterocycles. The van der Waals surface area contributed by atoms with E-state index in [1.807, 2.05) is 12.1 Å². The molecule has 0 aliphatic carbocycles. The van der Waals surface area contributed by atoms with Gasteiger partial charge in [0.2, 0.25) is 5.90 Å². The quantitative estimate of drug-likeness (QED) is 0.523. The number of carbonyl (C=O) groups is 1. The maximum atomic E-state index is 11.1. The maximum Gasteiger partial charge on any atom is 0.313 e. The van der Waals surface area contributed by atoms with Crippen molar-refractivity contribution in [3.8, 4) is 11.3 Å². The van der Waals surface area contributed by atoms with Crippen molar-refractivity contribution in [2.75, 3.05) is 14.2 Å². The van der Waals surface area contributed by atoms with Crippen LogP contribution in [0.15, 0.2) is 34.9 Å². The van der Waals surface area contributed by atoms with Crippen LogP contribution in [-0.2, 0) is 20.7 Å². The summed E-state index contributed by atoms with van der Waals surface area (Å²) in [7, 11) is 2.77. The Balaban J connectivity index is 2.16. The van der Waals surface area contributed by atoms with Gasteiger partial charge in [-0.15, -0.1) is 0 Å². The van der Waals surface area contributed by atoms with Gasteiger partial charge in [-0.05, 0) is 12.1 Å². The number of ether oxygens (including phenoxy) is 2. The van der Waals surface area contributed by atoms with Crippen LogP contribution >= 0.6 is 0 Å². The zero-order valence-electron chi connectivity index (χ0n) is 11.2. The average molecular weight is 274 g/mol. The third kappa shape index (κ3) is 3.03. The highest BCUT2D eigenvalue weighted by molar-refractivity contribution is 5.91. The highest BCUT2D eigenvalue weighted by Gasteiger charge is 2.11. The Kier molecular flexibility index (Phi) is 4.14. The molecule has 6 heteroatoms. The van der Waals surface area contributed by atoms with Gasteiger partial charge in [-0.25, -0.2) is 0 Å². The summed E-state index contributed by atoms with van der Waals surface area (Å²) in [5, 5.41) is 11.4. The second-order valence-electron chi connectivity index (χ2n) is 4.04. The number of nitrogens with zero attached hydrogens (tertiary/aromatic N) is 1. The molecule has 1 aromatic heterocycles. The molecule has 2 rings (SSSR count). The topological polar surface area (TPSA) is 85.4 Å². The Morgan fingerprint density at radius 2 is 1.95 bits per heavy atom. The summed E-state index contributed by atoms with van der Waals surface area (Å²) in [5.74, 6) is 0.167. The molecule has 0 atom stereocenters. The van der Waals surface area contributed by atoms with E-state index in [-0.39, 0.29) is 18.3 Å². The summed E-state index contributed by atoms with van der Waals surface area (Å²) in [6.45, 7) is 0. The molecule has 1 N–H and O–H groups in total. The molecule has 6 nitrogen and oxygen atoms in total. The molecule has 2 aromatic rings. The summed E-state index contributed by atoms with van der Waals surface area (Å²) >= 11 is 0. The number of hydrogen-bond donors (Lipinski definition) is 1. The lowest BCUT2D eigenvalue weighted by Crippen LogP contribution is -2.03. The normalized spacial score (nSPS) is 10.1. The third-order valence-electron chi connectivity index (χ3n) is 2.75. The highest BCUT2D eigenvalue weighted by Crippen LogP contribution is 2.20. The van der Waals surface area contributed by atoms with Crippen LogP contribution in [0.4, 0.5) is 0 Å². The number of methoxy groups -OCH3 is 2. The number of aromatic nitrogens is 1. The SMILES string of the molecule is COC(=N)c1ccc(-c2cc(CC(=O)OC)on2)cc1. The summed E-state index contributed by atoms with van der Waals surface area (Å²) in [6.07, 6.45) is 0.0515. The van der Waals surface area contributed by atoms with E-state index in [2.05, 4.69) is 9.89 Å². The number of carbonyl (C=O) groups excluding carboxylic acids is 1. The number of nitrogens with one attached hydrogen (secondary N) is 1. The van der Waals surface area contributed by atoms with Crippen molar-refractivity contribution in [2.45, 2.75) is 6.42 Å². The standard InChI is InChI=1S/C14H14N2O4/c1-18-13(17)8-11-7-12(16-20-11)9-3-5-10(6-4-9)14(15)19-2/h3-7,15H,8H2,1-2H3. The summed E-state index contributed by atoms with van der Waals surface area (Å²) in [6, 6.07) is 8.82. The summed E-state index contributed by atoms with van der Waals surface area (Å²) < 4.78 is 14.5. The van der Waals surface area contributed by atoms with Crippen LogP contribution in [0.3, 0.4) is 0 Å². The fourth-order valence-electron chi connectivity index (χ4n) is 1.66. The van der Waals surface area contributed by atoms with Crippen LogP contribution < -0.4 is 0 Å². The van der Waals surface area contributed by atoms with Gasteiger partial charge in [0.25, 0.3) is 0 Å². The van der Waals surface area contributed by atoms with Gasteiger partial charge in [0.15, 0.2) is 0 Å². The Morgan fingerprint density at radius 1 is 1.25 bits per heavy atom. The van der Waals surface area contributed by atoms with E-state index >= 15 is 0 Å². The van der Waals surface area contributed by atoms with Gasteiger partial charge in [0.1, 0.15) is 17.9 Å². The van der Waals surface area contributed by atoms with E-state index in [0.29, 0.717) is 17.0 Å². The molecule has 0 saturated carbocycles. The monoisotopic (exact) mass is 274 g/mol. The predicted molar refractivity (Wildman–Crippen MR) is 71.5 cm³/mol. The molecule has 0 aliphatic heterocycles. The zero-order chi connectivity index (χ0) is 14.5. The molecular weight excluding hydrogens is 260 g/mol. The van der Waals surface area contributed by atoms with Gasteiger partial charge in [0, 0.05) is 17.2 Å². The fourth-order valence-corrected chi connectivity index (χ4v) is 1.66. The predicted octanol–water partition coefficient (Wildman–Crippen LogP) is 2.03. The van der Waals surface area contributed by atoms with Crippen LogP contribution in [0.1, 0.15) is 11.3 Å². The number of rotatable bonds is 4. The second kappa shape index (κ2) is 6.01. The van der Waals surface area contributed by atoms with Crippen molar-refractivity contribution in [1.29, 1.82) is 5.41 Å². The first-order valence-electron chi connectivity index (χ1n) is 5.89. The molecule has 0 unspecified atom stereocenters. The van der Waals surface area contributed by atoms with Crippen LogP contribution in [-0.4, -0.2) is 31.2 Å². The molecular formula is C14H14N2O4. The van der Waals surface area contributed by atoms with E-state index in [4.69, 9.17) is 14.7 Å². The van der Waals surface area contributed by atoms with E-state index in [1.54, 1.807) is 18.2 Å². The first kappa shape index (κ1) is 13.8. The molecule has 104 valence electrons. The van der Waals surface area contributed by atoms with E-state index in [1.165, 1.54) is 14.2 Å². The minimum Gasteiger partial charge on any atom is -0.481 e. The van der Waals surface area contributed by atoms with Crippen molar-refractivity contribution < 1.29 is 18.8 Å². The van der Waals surface area contributed by atoms with Gasteiger partial charge in [-0.1, -0.05) is 17.3 Å². The smallest absolute Gasteiger partial charge is 0.313 e. The number of esters is 1. The average Bonchev–Trinajstić information content (AvgIpc) is 2.95. The van der Waals surface area contributed by atoms with Gasteiger partial charge >= 0.3 is 5.97 Å². The molecule has 1 aromatic carbocycles. The second-order valence-corrected chi connectivity index (χ2v) is 4.04. The van der Waals surface area contributed by atoms with Crippen LogP contribution in [0.2, 0.25) is 0 Å². The van der Waals surface area contributed by atoms with Crippen LogP contribution in [0, 0.1) is 5.41 Å². The van der Waals surface area contributed by atoms with Gasteiger partial charge in [-0.2, -0.15) is 0 Å². The van der Waals surface area contributed by atoms with Crippen molar-refractivity contribution in [2.24, 2.45) is 0 Å². The van der Waals surface area contributed by atoms with Crippen molar-refractivity contribution in [3.05, 3.63) is 41.7 Å². The Bertz CT molecular complexity index is 616. The van der Waals surface area contributed by atoms with E-state index in [9.17, 15) is 4.79 Å². The van der Waals surface area contributed by atoms with Gasteiger partial charge in [-0.3, -0.25) is 10.2 Å². The van der Waals surface area contributed by atoms with E-state index < -0.39 is 0 Å². The molecule has 20 heavy (non-hydrogen) atoms. The summed E-state index contributed by atoms with van der Waals surface area (Å²) in [5.41, 5.74) is 2.13. The van der Waals surface area contributed by atoms with Crippen LogP contribution in [0.25, 0.3) is 11.3 Å². The minimum atomic E-state index is -0.378. The zero-order valence-corrected chi connectivity index (χ0v) is 11.2. The Morgan fingerprint density at radius 3 is 2.55 bits per heavy atom. The minimum absolute atomic E-state index is 0.0515. The number of benzene rings is 1. The maximum absolute atomic E-state index is 11.1. The fraction of sp³-hybridized carbons (Fsp3) is 0.214. The number of hydrogen-bond acceptors (Lipinski definition) is 6. The summed E-state index contributed by atoms with van der Waals surface area (Å²) in [4.78, 5) is 11.1. The highest BCUT2D eigenvalue weighted by atomic mass is 16.5. The third-order valence-corrected chi connectivity index (χ3v) is 2.75. The molecule has 0 saturated heterocycles. The molecule has 0 aliphatic rings. The lowest BCUT2D eigenvalue weighted by molar-refractivity contribution is -0.140. The van der Waals surface area contributed by atoms with Crippen molar-refractivity contribution >= 4 is 11.9 Å². The first-order valence-corrected chi connectivity index (χ1v) is 5.89. The first-order chi connectivity index (χ1) is 9.63. The molecule has 0 amide bonds. The molecule has 0 spiro atoms. The molecule has 0 fully saturated rings. The van der Waals surface area contributed by atoms with Gasteiger partial charge in [0.05, 0.1) is 14.2 Å². The lowest BCUT2D eigenvalue weighted by Gasteiger charge is -2.02. The van der Waals surface area contributed by atoms with Crippen molar-refractivity contribution in [3.63, 3.8) is 0 Å². The Labute approximate surface area is 115 Å².